The minimum atomic E-state index is -0.497. The average Bonchev–Trinajstić information content (AvgIpc) is 1.85. The first kappa shape index (κ1) is 12.8. The van der Waals surface area contributed by atoms with Crippen LogP contribution in [0.1, 0.15) is 26.2 Å². The van der Waals surface area contributed by atoms with Gasteiger partial charge in [0.15, 0.2) is 6.79 Å². The molecular weight excluding hydrogens is 168 g/mol. The summed E-state index contributed by atoms with van der Waals surface area (Å²) in [5, 5.41) is 8.09. The van der Waals surface area contributed by atoms with Crippen LogP contribution in [0.2, 0.25) is 0 Å². The van der Waals surface area contributed by atoms with Gasteiger partial charge in [0.25, 0.3) is 0 Å². The number of aliphatic hydroxyl groups excluding tert-OH is 1. The van der Waals surface area contributed by atoms with Crippen molar-refractivity contribution in [3.63, 3.8) is 0 Å². The molecule has 0 unspecified atom stereocenters. The van der Waals surface area contributed by atoms with Crippen LogP contribution in [0, 0.1) is 0 Å². The van der Waals surface area contributed by atoms with Gasteiger partial charge in [-0.3, -0.25) is 4.79 Å². The predicted molar refractivity (Wildman–Crippen MR) is 32.7 cm³/mol. The van der Waals surface area contributed by atoms with Crippen molar-refractivity contribution < 1.29 is 36.4 Å². The van der Waals surface area contributed by atoms with Gasteiger partial charge in [-0.15, -0.1) is 0 Å². The van der Waals surface area contributed by atoms with E-state index in [0.29, 0.717) is 6.42 Å². The molecule has 0 heterocycles. The fourth-order valence-corrected chi connectivity index (χ4v) is 0.465. The monoisotopic (exact) mass is 180 g/mol. The molecule has 0 aliphatic rings. The SMILES string of the molecule is CCCCC(=O)OCO.[Ti]. The number of ether oxygens (including phenoxy) is 1. The van der Waals surface area contributed by atoms with Crippen molar-refractivity contribution >= 4 is 5.97 Å². The Balaban J connectivity index is 0. The molecule has 0 spiro atoms. The molecule has 58 valence electrons. The Morgan fingerprint density at radius 3 is 2.60 bits per heavy atom. The molecule has 0 radical (unpaired) electrons. The van der Waals surface area contributed by atoms with Crippen molar-refractivity contribution in [3.05, 3.63) is 0 Å². The van der Waals surface area contributed by atoms with Crippen LogP contribution in [0.15, 0.2) is 0 Å². The molecule has 0 aliphatic carbocycles. The molecule has 0 amide bonds. The van der Waals surface area contributed by atoms with E-state index in [0.717, 1.165) is 12.8 Å². The molecule has 0 aromatic carbocycles. The molecule has 0 aromatic rings. The molecule has 4 heteroatoms. The molecule has 3 nitrogen and oxygen atoms in total. The summed E-state index contributed by atoms with van der Waals surface area (Å²) in [5.74, 6) is -0.320. The second kappa shape index (κ2) is 9.14. The largest absolute Gasteiger partial charge is 0.439 e. The maximum absolute atomic E-state index is 10.4. The van der Waals surface area contributed by atoms with Crippen LogP contribution < -0.4 is 0 Å². The standard InChI is InChI=1S/C6H12O3.Ti/c1-2-3-4-6(8)9-5-7;/h7H,2-5H2,1H3;. The van der Waals surface area contributed by atoms with Crippen molar-refractivity contribution in [1.82, 2.24) is 0 Å². The Labute approximate surface area is 75.6 Å². The maximum atomic E-state index is 10.4. The minimum absolute atomic E-state index is 0. The molecule has 0 aliphatic heterocycles. The zero-order valence-corrected chi connectivity index (χ0v) is 7.65. The molecule has 0 bridgehead atoms. The molecule has 0 rings (SSSR count). The van der Waals surface area contributed by atoms with Crippen molar-refractivity contribution in [2.45, 2.75) is 26.2 Å². The smallest absolute Gasteiger partial charge is 0.307 e. The summed E-state index contributed by atoms with van der Waals surface area (Å²) in [6, 6.07) is 0. The van der Waals surface area contributed by atoms with Crippen LogP contribution in [0.4, 0.5) is 0 Å². The number of carbonyl (C=O) groups is 1. The molecule has 10 heavy (non-hydrogen) atoms. The fraction of sp³-hybridized carbons (Fsp3) is 0.833. The molecule has 0 atom stereocenters. The number of unbranched alkanes of at least 4 members (excludes halogenated alkanes) is 1. The van der Waals surface area contributed by atoms with E-state index in [2.05, 4.69) is 4.74 Å². The fourth-order valence-electron chi connectivity index (χ4n) is 0.465. The quantitative estimate of drug-likeness (QED) is 0.392. The number of hydrogen-bond donors (Lipinski definition) is 1. The number of esters is 1. The Morgan fingerprint density at radius 1 is 1.60 bits per heavy atom. The van der Waals surface area contributed by atoms with Crippen LogP contribution in [0.3, 0.4) is 0 Å². The van der Waals surface area contributed by atoms with Crippen molar-refractivity contribution in [2.75, 3.05) is 6.79 Å². The second-order valence-electron chi connectivity index (χ2n) is 1.75. The number of aliphatic hydroxyl groups is 1. The Bertz CT molecular complexity index is 85.1. The van der Waals surface area contributed by atoms with Gasteiger partial charge in [0.1, 0.15) is 0 Å². The zero-order valence-electron chi connectivity index (χ0n) is 6.09. The third-order valence-corrected chi connectivity index (χ3v) is 0.960. The summed E-state index contributed by atoms with van der Waals surface area (Å²) in [7, 11) is 0. The van der Waals surface area contributed by atoms with E-state index in [-0.39, 0.29) is 27.7 Å². The van der Waals surface area contributed by atoms with Gasteiger partial charge in [0.05, 0.1) is 0 Å². The zero-order chi connectivity index (χ0) is 7.11. The first-order chi connectivity index (χ1) is 4.31. The molecule has 1 N–H and O–H groups in total. The van der Waals surface area contributed by atoms with Crippen LogP contribution in [-0.2, 0) is 31.2 Å². The van der Waals surface area contributed by atoms with Gasteiger partial charge >= 0.3 is 5.97 Å². The third-order valence-electron chi connectivity index (χ3n) is 0.960. The molecule has 0 saturated heterocycles. The van der Waals surface area contributed by atoms with Gasteiger partial charge in [-0.05, 0) is 6.42 Å². The normalized spacial score (nSPS) is 8.20. The van der Waals surface area contributed by atoms with E-state index in [4.69, 9.17) is 5.11 Å². The molecule has 0 fully saturated rings. The van der Waals surface area contributed by atoms with Crippen molar-refractivity contribution in [2.24, 2.45) is 0 Å². The van der Waals surface area contributed by atoms with E-state index >= 15 is 0 Å². The van der Waals surface area contributed by atoms with Crippen molar-refractivity contribution in [3.8, 4) is 0 Å². The summed E-state index contributed by atoms with van der Waals surface area (Å²) >= 11 is 0. The van der Waals surface area contributed by atoms with E-state index in [1.807, 2.05) is 6.92 Å². The summed E-state index contributed by atoms with van der Waals surface area (Å²) in [6.07, 6.45) is 2.22. The van der Waals surface area contributed by atoms with Gasteiger partial charge in [-0.1, -0.05) is 13.3 Å². The number of rotatable bonds is 4. The number of hydrogen-bond acceptors (Lipinski definition) is 3. The van der Waals surface area contributed by atoms with E-state index < -0.39 is 6.79 Å². The summed E-state index contributed by atoms with van der Waals surface area (Å²) in [5.41, 5.74) is 0. The van der Waals surface area contributed by atoms with Gasteiger partial charge in [-0.25, -0.2) is 0 Å². The van der Waals surface area contributed by atoms with E-state index in [1.54, 1.807) is 0 Å². The topological polar surface area (TPSA) is 46.5 Å². The number of carbonyl (C=O) groups excluding carboxylic acids is 1. The minimum Gasteiger partial charge on any atom is -0.439 e. The van der Waals surface area contributed by atoms with Gasteiger partial charge in [0, 0.05) is 28.1 Å². The summed E-state index contributed by atoms with van der Waals surface area (Å²) < 4.78 is 4.26. The Morgan fingerprint density at radius 2 is 2.20 bits per heavy atom. The third kappa shape index (κ3) is 8.14. The van der Waals surface area contributed by atoms with Crippen LogP contribution >= 0.6 is 0 Å². The molecule has 0 aromatic heterocycles. The Hall–Kier alpha value is 0.144. The average molecular weight is 180 g/mol. The van der Waals surface area contributed by atoms with Crippen LogP contribution in [-0.4, -0.2) is 17.9 Å². The Kier molecular flexibility index (Phi) is 11.7. The molecular formula is C6H12O3Ti. The van der Waals surface area contributed by atoms with Gasteiger partial charge in [0.2, 0.25) is 0 Å². The van der Waals surface area contributed by atoms with Crippen LogP contribution in [0.5, 0.6) is 0 Å². The predicted octanol–water partition coefficient (Wildman–Crippen LogP) is 0.667. The molecule has 0 saturated carbocycles. The van der Waals surface area contributed by atoms with Crippen LogP contribution in [0.25, 0.3) is 0 Å². The van der Waals surface area contributed by atoms with Gasteiger partial charge in [-0.2, -0.15) is 0 Å². The second-order valence-corrected chi connectivity index (χ2v) is 1.75. The van der Waals surface area contributed by atoms with Crippen molar-refractivity contribution in [1.29, 1.82) is 0 Å². The summed E-state index contributed by atoms with van der Waals surface area (Å²) in [4.78, 5) is 10.4. The first-order valence-electron chi connectivity index (χ1n) is 3.07. The van der Waals surface area contributed by atoms with Gasteiger partial charge < -0.3 is 9.84 Å². The van der Waals surface area contributed by atoms with E-state index in [1.165, 1.54) is 0 Å². The first-order valence-corrected chi connectivity index (χ1v) is 3.07. The maximum Gasteiger partial charge on any atom is 0.307 e. The summed E-state index contributed by atoms with van der Waals surface area (Å²) in [6.45, 7) is 1.49. The van der Waals surface area contributed by atoms with E-state index in [9.17, 15) is 4.79 Å².